The molecular weight excluding hydrogens is 450 g/mol. The molecule has 13 nitrogen and oxygen atoms in total. The van der Waals surface area contributed by atoms with E-state index in [1.807, 2.05) is 0 Å². The number of amides is 2. The number of carboxylic acid groups (broad SMARTS) is 1. The van der Waals surface area contributed by atoms with Gasteiger partial charge in [0.05, 0.1) is 18.7 Å². The second kappa shape index (κ2) is 12.0. The zero-order chi connectivity index (χ0) is 25.4. The van der Waals surface area contributed by atoms with E-state index in [1.54, 1.807) is 30.3 Å². The highest BCUT2D eigenvalue weighted by molar-refractivity contribution is 5.88. The number of hydrogen-bond donors (Lipinski definition) is 8. The number of nitrogens with zero attached hydrogens (tertiary/aromatic N) is 1. The van der Waals surface area contributed by atoms with Gasteiger partial charge in [-0.15, -0.1) is 0 Å². The lowest BCUT2D eigenvalue weighted by atomic mass is 9.91. The summed E-state index contributed by atoms with van der Waals surface area (Å²) < 4.78 is 5.29. The Morgan fingerprint density at radius 1 is 1.15 bits per heavy atom. The van der Waals surface area contributed by atoms with Crippen LogP contribution >= 0.6 is 0 Å². The highest BCUT2D eigenvalue weighted by atomic mass is 16.5. The number of benzene rings is 1. The van der Waals surface area contributed by atoms with Gasteiger partial charge in [-0.25, -0.2) is 9.79 Å². The van der Waals surface area contributed by atoms with Crippen molar-refractivity contribution in [2.45, 2.75) is 49.8 Å². The van der Waals surface area contributed by atoms with Crippen LogP contribution in [0.2, 0.25) is 0 Å². The van der Waals surface area contributed by atoms with Crippen LogP contribution < -0.4 is 22.1 Å². The molecule has 10 N–H and O–H groups in total. The molecule has 1 unspecified atom stereocenters. The van der Waals surface area contributed by atoms with Crippen LogP contribution in [0.1, 0.15) is 12.5 Å². The number of aliphatic hydroxyl groups is 3. The molecule has 0 saturated heterocycles. The fraction of sp³-hybridized carbons (Fsp3) is 0.429. The van der Waals surface area contributed by atoms with Crippen LogP contribution in [0.5, 0.6) is 0 Å². The minimum absolute atomic E-state index is 0.114. The summed E-state index contributed by atoms with van der Waals surface area (Å²) in [5, 5.41) is 44.0. The molecule has 1 aliphatic heterocycles. The van der Waals surface area contributed by atoms with E-state index >= 15 is 0 Å². The topological polar surface area (TPSA) is 230 Å². The van der Waals surface area contributed by atoms with Crippen molar-refractivity contribution < 1.29 is 39.5 Å². The molecule has 0 aromatic heterocycles. The maximum Gasteiger partial charge on any atom is 0.370 e. The summed E-state index contributed by atoms with van der Waals surface area (Å²) in [6.45, 7) is 0.305. The Kier molecular flexibility index (Phi) is 9.36. The molecule has 0 aliphatic carbocycles. The Hall–Kier alpha value is -3.68. The smallest absolute Gasteiger partial charge is 0.370 e. The molecule has 0 spiro atoms. The van der Waals surface area contributed by atoms with Crippen LogP contribution in [0.4, 0.5) is 0 Å². The molecular formula is C21H29N5O8. The third-order valence-electron chi connectivity index (χ3n) is 5.02. The number of aliphatic imine (C=N–C) groups is 1. The minimum Gasteiger partial charge on any atom is -0.478 e. The van der Waals surface area contributed by atoms with Crippen LogP contribution in [-0.4, -0.2) is 87.2 Å². The van der Waals surface area contributed by atoms with Crippen LogP contribution in [0.15, 0.2) is 47.2 Å². The number of nitrogens with one attached hydrogen (secondary N) is 2. The largest absolute Gasteiger partial charge is 0.478 e. The summed E-state index contributed by atoms with van der Waals surface area (Å²) in [6, 6.07) is 5.36. The Bertz CT molecular complexity index is 934. The lowest BCUT2D eigenvalue weighted by molar-refractivity contribution is -0.147. The van der Waals surface area contributed by atoms with Gasteiger partial charge >= 0.3 is 5.97 Å². The summed E-state index contributed by atoms with van der Waals surface area (Å²) >= 11 is 0. The summed E-state index contributed by atoms with van der Waals surface area (Å²) in [7, 11) is 0. The maximum atomic E-state index is 13.1. The third kappa shape index (κ3) is 7.16. The van der Waals surface area contributed by atoms with Crippen LogP contribution in [0.3, 0.4) is 0 Å². The standard InChI is InChI=1S/C21H29N5O8/c1-10(28)24-16-12(8-15(20(32)33)34-18(16)17(30)14(29)9-27)25-19(31)13(26-21(22)23)7-11-5-3-2-4-6-11/h2-6,8,12-14,16-18,27,29-30H,7,9H2,1H3,(H,24,28)(H,25,31)(H,32,33)(H4,22,23,26)/t12-,13?,14+,16+,17+,18+/m0/s1. The molecule has 2 amide bonds. The van der Waals surface area contributed by atoms with Crippen LogP contribution in [-0.2, 0) is 25.5 Å². The first-order valence-corrected chi connectivity index (χ1v) is 10.3. The van der Waals surface area contributed by atoms with E-state index in [0.29, 0.717) is 0 Å². The summed E-state index contributed by atoms with van der Waals surface area (Å²) in [5.41, 5.74) is 11.7. The van der Waals surface area contributed by atoms with Gasteiger partial charge < -0.3 is 47.3 Å². The number of carbonyl (C=O) groups is 3. The van der Waals surface area contributed by atoms with Gasteiger partial charge in [-0.3, -0.25) is 9.59 Å². The van der Waals surface area contributed by atoms with Gasteiger partial charge in [0.2, 0.25) is 17.6 Å². The fourth-order valence-electron chi connectivity index (χ4n) is 3.47. The molecule has 13 heteroatoms. The normalized spacial score (nSPS) is 22.2. The molecule has 34 heavy (non-hydrogen) atoms. The van der Waals surface area contributed by atoms with Gasteiger partial charge in [-0.1, -0.05) is 30.3 Å². The van der Waals surface area contributed by atoms with E-state index in [4.69, 9.17) is 16.2 Å². The molecule has 0 fully saturated rings. The van der Waals surface area contributed by atoms with E-state index in [0.717, 1.165) is 11.6 Å². The summed E-state index contributed by atoms with van der Waals surface area (Å²) in [5.74, 6) is -3.77. The predicted octanol–water partition coefficient (Wildman–Crippen LogP) is -3.06. The van der Waals surface area contributed by atoms with Crippen LogP contribution in [0, 0.1) is 0 Å². The molecule has 1 aliphatic rings. The van der Waals surface area contributed by atoms with Gasteiger partial charge in [-0.05, 0) is 11.6 Å². The van der Waals surface area contributed by atoms with Crippen molar-refractivity contribution in [3.63, 3.8) is 0 Å². The number of aliphatic hydroxyl groups excluding tert-OH is 3. The number of carboxylic acids is 1. The molecule has 6 atom stereocenters. The van der Waals surface area contributed by atoms with Crippen molar-refractivity contribution in [2.24, 2.45) is 16.5 Å². The molecule has 1 heterocycles. The summed E-state index contributed by atoms with van der Waals surface area (Å²) in [6.07, 6.45) is -3.88. The van der Waals surface area contributed by atoms with E-state index in [1.165, 1.54) is 6.92 Å². The zero-order valence-electron chi connectivity index (χ0n) is 18.4. The molecule has 186 valence electrons. The van der Waals surface area contributed by atoms with Crippen molar-refractivity contribution in [3.05, 3.63) is 47.7 Å². The fourth-order valence-corrected chi connectivity index (χ4v) is 3.47. The lowest BCUT2D eigenvalue weighted by Gasteiger charge is -2.40. The van der Waals surface area contributed by atoms with Gasteiger partial charge in [-0.2, -0.15) is 0 Å². The first-order valence-electron chi connectivity index (χ1n) is 10.3. The second-order valence-electron chi connectivity index (χ2n) is 7.68. The van der Waals surface area contributed by atoms with Crippen LogP contribution in [0.25, 0.3) is 0 Å². The molecule has 2 rings (SSSR count). The highest BCUT2D eigenvalue weighted by Gasteiger charge is 2.44. The number of guanidine groups is 1. The minimum atomic E-state index is -1.80. The van der Waals surface area contributed by atoms with E-state index in [-0.39, 0.29) is 12.4 Å². The number of nitrogens with two attached hydrogens (primary N) is 2. The number of hydrogen-bond acceptors (Lipinski definition) is 8. The number of carbonyl (C=O) groups excluding carboxylic acids is 2. The van der Waals surface area contributed by atoms with Crippen molar-refractivity contribution in [1.82, 2.24) is 10.6 Å². The SMILES string of the molecule is CC(=O)N[C@H]1[C@H]([C@H](O)[C@H](O)CO)OC(C(=O)O)=C[C@@H]1NC(=O)C(Cc1ccccc1)N=C(N)N. The van der Waals surface area contributed by atoms with Gasteiger partial charge in [0.25, 0.3) is 0 Å². The second-order valence-corrected chi connectivity index (χ2v) is 7.68. The molecule has 0 saturated carbocycles. The van der Waals surface area contributed by atoms with Crippen molar-refractivity contribution >= 4 is 23.7 Å². The van der Waals surface area contributed by atoms with E-state index in [2.05, 4.69) is 15.6 Å². The number of aliphatic carboxylic acids is 1. The van der Waals surface area contributed by atoms with Gasteiger partial charge in [0, 0.05) is 13.3 Å². The van der Waals surface area contributed by atoms with E-state index < -0.39 is 66.6 Å². The molecule has 0 radical (unpaired) electrons. The highest BCUT2D eigenvalue weighted by Crippen LogP contribution is 2.23. The first kappa shape index (κ1) is 26.6. The van der Waals surface area contributed by atoms with Gasteiger partial charge in [0.1, 0.15) is 24.4 Å². The van der Waals surface area contributed by atoms with Crippen molar-refractivity contribution in [1.29, 1.82) is 0 Å². The average Bonchev–Trinajstić information content (AvgIpc) is 2.78. The third-order valence-corrected chi connectivity index (χ3v) is 5.02. The predicted molar refractivity (Wildman–Crippen MR) is 119 cm³/mol. The monoisotopic (exact) mass is 479 g/mol. The zero-order valence-corrected chi connectivity index (χ0v) is 18.4. The Balaban J connectivity index is 2.40. The quantitative estimate of drug-likeness (QED) is 0.125. The Morgan fingerprint density at radius 2 is 1.79 bits per heavy atom. The first-order chi connectivity index (χ1) is 16.0. The maximum absolute atomic E-state index is 13.1. The summed E-state index contributed by atoms with van der Waals surface area (Å²) in [4.78, 5) is 40.5. The molecule has 1 aromatic rings. The average molecular weight is 479 g/mol. The van der Waals surface area contributed by atoms with Crippen molar-refractivity contribution in [2.75, 3.05) is 6.61 Å². The molecule has 1 aromatic carbocycles. The Labute approximate surface area is 195 Å². The molecule has 0 bridgehead atoms. The number of rotatable bonds is 10. The Morgan fingerprint density at radius 3 is 2.32 bits per heavy atom. The van der Waals surface area contributed by atoms with Crippen molar-refractivity contribution in [3.8, 4) is 0 Å². The number of ether oxygens (including phenoxy) is 1. The lowest BCUT2D eigenvalue weighted by Crippen LogP contribution is -2.64. The van der Waals surface area contributed by atoms with Gasteiger partial charge in [0.15, 0.2) is 5.96 Å². The van der Waals surface area contributed by atoms with E-state index in [9.17, 15) is 34.8 Å².